The first-order valence-corrected chi connectivity index (χ1v) is 20.3. The van der Waals surface area contributed by atoms with Crippen molar-refractivity contribution in [3.8, 4) is 11.3 Å². The number of ether oxygens (including phenoxy) is 2. The Hall–Kier alpha value is -4.68. The summed E-state index contributed by atoms with van der Waals surface area (Å²) in [5.74, 6) is -1.60. The molecule has 2 unspecified atom stereocenters. The highest BCUT2D eigenvalue weighted by Crippen LogP contribution is 2.65. The second-order valence-electron chi connectivity index (χ2n) is 16.8. The maximum absolute atomic E-state index is 16.7. The number of halogens is 1. The van der Waals surface area contributed by atoms with Crippen molar-refractivity contribution < 1.29 is 23.5 Å². The SMILES string of the molecule is COC(=O)[C@H](Cc1cccc2c(-c3nccc4c(CN(C)C)cccc34)cccc12)NC(=O)C1=C(F)C=C(N2CCOCC2)C2CC12CN1CCC(N(C)C)CC1. The summed E-state index contributed by atoms with van der Waals surface area (Å²) in [4.78, 5) is 42.0. The van der Waals surface area contributed by atoms with Crippen molar-refractivity contribution in [2.75, 3.05) is 81.2 Å². The van der Waals surface area contributed by atoms with Crippen LogP contribution in [0.4, 0.5) is 4.39 Å². The molecule has 3 fully saturated rings. The highest BCUT2D eigenvalue weighted by atomic mass is 19.1. The molecular weight excluding hydrogens is 720 g/mol. The van der Waals surface area contributed by atoms with Gasteiger partial charge in [0.25, 0.3) is 5.91 Å². The van der Waals surface area contributed by atoms with Gasteiger partial charge in [-0.05, 0) is 100.0 Å². The Morgan fingerprint density at radius 3 is 2.33 bits per heavy atom. The molecule has 8 rings (SSSR count). The first-order chi connectivity index (χ1) is 27.6. The molecule has 300 valence electrons. The predicted molar refractivity (Wildman–Crippen MR) is 222 cm³/mol. The van der Waals surface area contributed by atoms with Gasteiger partial charge in [-0.25, -0.2) is 9.18 Å². The van der Waals surface area contributed by atoms with Crippen LogP contribution in [-0.2, 0) is 32.0 Å². The molecule has 2 saturated heterocycles. The fourth-order valence-corrected chi connectivity index (χ4v) is 9.73. The van der Waals surface area contributed by atoms with E-state index in [4.69, 9.17) is 14.5 Å². The van der Waals surface area contributed by atoms with E-state index in [1.807, 2.05) is 30.5 Å². The van der Waals surface area contributed by atoms with E-state index in [0.29, 0.717) is 45.3 Å². The lowest BCUT2D eigenvalue weighted by atomic mass is 9.84. The summed E-state index contributed by atoms with van der Waals surface area (Å²) < 4.78 is 27.6. The minimum Gasteiger partial charge on any atom is -0.467 e. The Labute approximate surface area is 335 Å². The van der Waals surface area contributed by atoms with Crippen LogP contribution in [0.15, 0.2) is 90.0 Å². The number of esters is 1. The fourth-order valence-electron chi connectivity index (χ4n) is 9.73. The molecule has 0 radical (unpaired) electrons. The van der Waals surface area contributed by atoms with Gasteiger partial charge in [-0.15, -0.1) is 0 Å². The number of fused-ring (bicyclic) bond motifs is 3. The van der Waals surface area contributed by atoms with E-state index in [2.05, 4.69) is 89.5 Å². The molecule has 11 heteroatoms. The summed E-state index contributed by atoms with van der Waals surface area (Å²) in [6.07, 6.45) is 6.35. The average Bonchev–Trinajstić information content (AvgIpc) is 3.94. The lowest BCUT2D eigenvalue weighted by Gasteiger charge is -2.39. The number of carbonyl (C=O) groups excluding carboxylic acids is 2. The molecule has 3 heterocycles. The molecule has 3 atom stereocenters. The number of pyridine rings is 1. The molecular formula is C46H55FN6O4. The summed E-state index contributed by atoms with van der Waals surface area (Å²) in [7, 11) is 9.70. The number of hydrogen-bond donors (Lipinski definition) is 1. The van der Waals surface area contributed by atoms with Gasteiger partial charge in [-0.2, -0.15) is 0 Å². The molecule has 2 aliphatic heterocycles. The molecule has 1 aromatic heterocycles. The number of nitrogens with one attached hydrogen (secondary N) is 1. The first kappa shape index (κ1) is 39.2. The second-order valence-corrected chi connectivity index (χ2v) is 16.8. The summed E-state index contributed by atoms with van der Waals surface area (Å²) >= 11 is 0. The number of hydrogen-bond acceptors (Lipinski definition) is 9. The summed E-state index contributed by atoms with van der Waals surface area (Å²) in [6, 6.07) is 20.1. The van der Waals surface area contributed by atoms with Crippen LogP contribution in [0.25, 0.3) is 32.8 Å². The van der Waals surface area contributed by atoms with Gasteiger partial charge in [0.05, 0.1) is 31.6 Å². The van der Waals surface area contributed by atoms with E-state index in [0.717, 1.165) is 76.5 Å². The van der Waals surface area contributed by atoms with Crippen LogP contribution in [0.2, 0.25) is 0 Å². The Morgan fingerprint density at radius 1 is 0.930 bits per heavy atom. The zero-order valence-electron chi connectivity index (χ0n) is 33.9. The van der Waals surface area contributed by atoms with E-state index < -0.39 is 29.2 Å². The van der Waals surface area contributed by atoms with Crippen LogP contribution >= 0.6 is 0 Å². The van der Waals surface area contributed by atoms with Gasteiger partial charge in [-0.1, -0.05) is 54.6 Å². The molecule has 1 amide bonds. The van der Waals surface area contributed by atoms with Crippen LogP contribution in [-0.4, -0.2) is 130 Å². The Balaban J connectivity index is 1.10. The number of allylic oxidation sites excluding steroid dienone is 3. The third-order valence-electron chi connectivity index (χ3n) is 12.7. The number of methoxy groups -OCH3 is 1. The smallest absolute Gasteiger partial charge is 0.328 e. The molecule has 4 aromatic rings. The van der Waals surface area contributed by atoms with Gasteiger partial charge in [-0.3, -0.25) is 9.78 Å². The van der Waals surface area contributed by atoms with Gasteiger partial charge >= 0.3 is 5.97 Å². The number of nitrogens with zero attached hydrogens (tertiary/aromatic N) is 5. The molecule has 3 aromatic carbocycles. The van der Waals surface area contributed by atoms with E-state index in [9.17, 15) is 9.59 Å². The second kappa shape index (κ2) is 16.3. The predicted octanol–water partition coefficient (Wildman–Crippen LogP) is 5.80. The van der Waals surface area contributed by atoms with Crippen LogP contribution < -0.4 is 5.32 Å². The van der Waals surface area contributed by atoms with Crippen molar-refractivity contribution in [2.24, 2.45) is 11.3 Å². The number of carbonyl (C=O) groups is 2. The normalized spacial score (nSPS) is 22.2. The Kier molecular flexibility index (Phi) is 11.2. The molecule has 1 saturated carbocycles. The van der Waals surface area contributed by atoms with Crippen molar-refractivity contribution in [3.05, 3.63) is 101 Å². The average molecular weight is 775 g/mol. The van der Waals surface area contributed by atoms with Gasteiger partial charge in [0.15, 0.2) is 0 Å². The minimum absolute atomic E-state index is 0.0251. The third kappa shape index (κ3) is 7.70. The van der Waals surface area contributed by atoms with Gasteiger partial charge in [0.1, 0.15) is 11.9 Å². The van der Waals surface area contributed by atoms with Crippen molar-refractivity contribution in [1.82, 2.24) is 29.9 Å². The van der Waals surface area contributed by atoms with Crippen molar-refractivity contribution in [2.45, 2.75) is 44.3 Å². The summed E-state index contributed by atoms with van der Waals surface area (Å²) in [5, 5.41) is 7.15. The van der Waals surface area contributed by atoms with Gasteiger partial charge < -0.3 is 34.4 Å². The van der Waals surface area contributed by atoms with Crippen molar-refractivity contribution in [1.29, 1.82) is 0 Å². The zero-order chi connectivity index (χ0) is 39.8. The molecule has 4 aliphatic rings. The lowest BCUT2D eigenvalue weighted by Crippen LogP contribution is -2.48. The van der Waals surface area contributed by atoms with E-state index in [1.165, 1.54) is 12.7 Å². The number of amides is 1. The maximum atomic E-state index is 16.7. The largest absolute Gasteiger partial charge is 0.467 e. The van der Waals surface area contributed by atoms with Crippen LogP contribution in [0.1, 0.15) is 30.4 Å². The highest BCUT2D eigenvalue weighted by Gasteiger charge is 2.64. The minimum atomic E-state index is -1.03. The van der Waals surface area contributed by atoms with Gasteiger partial charge in [0.2, 0.25) is 0 Å². The van der Waals surface area contributed by atoms with Gasteiger partial charge in [0, 0.05) is 72.8 Å². The molecule has 2 aliphatic carbocycles. The Bertz CT molecular complexity index is 2220. The number of rotatable bonds is 12. The van der Waals surface area contributed by atoms with Crippen LogP contribution in [0.5, 0.6) is 0 Å². The number of aromatic nitrogens is 1. The highest BCUT2D eigenvalue weighted by molar-refractivity contribution is 6.05. The van der Waals surface area contributed by atoms with Crippen LogP contribution in [0.3, 0.4) is 0 Å². The quantitative estimate of drug-likeness (QED) is 0.180. The molecule has 10 nitrogen and oxygen atoms in total. The number of likely N-dealkylation sites (tertiary alicyclic amines) is 1. The molecule has 57 heavy (non-hydrogen) atoms. The number of benzene rings is 3. The first-order valence-electron chi connectivity index (χ1n) is 20.3. The maximum Gasteiger partial charge on any atom is 0.328 e. The third-order valence-corrected chi connectivity index (χ3v) is 12.7. The van der Waals surface area contributed by atoms with Crippen LogP contribution in [0, 0.1) is 11.3 Å². The fraction of sp³-hybridized carbons (Fsp3) is 0.457. The number of morpholine rings is 1. The number of piperidine rings is 1. The monoisotopic (exact) mass is 774 g/mol. The zero-order valence-corrected chi connectivity index (χ0v) is 33.9. The van der Waals surface area contributed by atoms with E-state index in [-0.39, 0.29) is 17.9 Å². The summed E-state index contributed by atoms with van der Waals surface area (Å²) in [6.45, 7) is 5.79. The molecule has 1 N–H and O–H groups in total. The van der Waals surface area contributed by atoms with E-state index in [1.54, 1.807) is 6.08 Å². The molecule has 0 spiro atoms. The summed E-state index contributed by atoms with van der Waals surface area (Å²) in [5.41, 5.74) is 4.40. The van der Waals surface area contributed by atoms with Crippen molar-refractivity contribution >= 4 is 33.4 Å². The topological polar surface area (TPSA) is 90.5 Å². The Morgan fingerprint density at radius 2 is 1.61 bits per heavy atom. The molecule has 0 bridgehead atoms. The standard InChI is InChI=1S/C46H55FN6O4/c1-50(2)28-31-10-7-13-36-34(31)15-18-48-43(36)37-14-8-11-33-30(9-6-12-35(33)37)25-40(45(55)56-5)49-44(54)42-39(47)26-41(53-21-23-57-24-22-53)38-27-46(38,42)29-52-19-16-32(17-20-52)51(3)4/h6-15,18,26,32,38,40H,16-17,19-25,27-29H2,1-5H3,(H,49,54)/t38?,40-,46?/m0/s1. The van der Waals surface area contributed by atoms with Crippen molar-refractivity contribution in [3.63, 3.8) is 0 Å². The lowest BCUT2D eigenvalue weighted by molar-refractivity contribution is -0.144. The van der Waals surface area contributed by atoms with E-state index >= 15 is 4.39 Å².